The van der Waals surface area contributed by atoms with Gasteiger partial charge in [0, 0.05) is 11.8 Å². The van der Waals surface area contributed by atoms with Crippen LogP contribution in [0.25, 0.3) is 21.9 Å². The summed E-state index contributed by atoms with van der Waals surface area (Å²) in [5, 5.41) is 3.96. The highest BCUT2D eigenvalue weighted by atomic mass is 16.3. The van der Waals surface area contributed by atoms with E-state index in [-0.39, 0.29) is 11.3 Å². The van der Waals surface area contributed by atoms with Crippen molar-refractivity contribution < 1.29 is 9.21 Å². The van der Waals surface area contributed by atoms with Crippen LogP contribution in [0.1, 0.15) is 16.7 Å². The summed E-state index contributed by atoms with van der Waals surface area (Å²) in [5.41, 5.74) is 4.50. The third kappa shape index (κ3) is 3.34. The van der Waals surface area contributed by atoms with Gasteiger partial charge in [-0.15, -0.1) is 0 Å². The quantitative estimate of drug-likeness (QED) is 0.539. The SMILES string of the molecule is Cc1cc(C)c2oc3cc(NC(=O)Cc4ccccc4)ccc3c(=O)c2c1. The monoisotopic (exact) mass is 357 g/mol. The molecule has 0 atom stereocenters. The van der Waals surface area contributed by atoms with Gasteiger partial charge in [0.1, 0.15) is 11.2 Å². The van der Waals surface area contributed by atoms with E-state index < -0.39 is 0 Å². The van der Waals surface area contributed by atoms with Crippen molar-refractivity contribution >= 4 is 33.5 Å². The smallest absolute Gasteiger partial charge is 0.228 e. The second-order valence-electron chi connectivity index (χ2n) is 6.81. The number of amides is 1. The lowest BCUT2D eigenvalue weighted by atomic mass is 10.1. The van der Waals surface area contributed by atoms with Crippen LogP contribution in [0.3, 0.4) is 0 Å². The molecule has 0 saturated carbocycles. The average molecular weight is 357 g/mol. The standard InChI is InChI=1S/C23H19NO3/c1-14-10-15(2)23-19(11-14)22(26)18-9-8-17(13-20(18)27-23)24-21(25)12-16-6-4-3-5-7-16/h3-11,13H,12H2,1-2H3,(H,24,25). The molecule has 1 amide bonds. The molecular weight excluding hydrogens is 338 g/mol. The normalized spacial score (nSPS) is 11.0. The Labute approximate surface area is 156 Å². The molecule has 3 aromatic carbocycles. The molecule has 0 aliphatic rings. The molecule has 1 heterocycles. The maximum Gasteiger partial charge on any atom is 0.228 e. The van der Waals surface area contributed by atoms with Gasteiger partial charge >= 0.3 is 0 Å². The molecular formula is C23H19NO3. The van der Waals surface area contributed by atoms with Crippen LogP contribution in [0.2, 0.25) is 0 Å². The summed E-state index contributed by atoms with van der Waals surface area (Å²) in [6.45, 7) is 3.89. The molecule has 0 radical (unpaired) electrons. The van der Waals surface area contributed by atoms with Gasteiger partial charge in [-0.3, -0.25) is 9.59 Å². The van der Waals surface area contributed by atoms with E-state index in [1.807, 2.05) is 56.3 Å². The van der Waals surface area contributed by atoms with Crippen LogP contribution in [0.5, 0.6) is 0 Å². The number of rotatable bonds is 3. The summed E-state index contributed by atoms with van der Waals surface area (Å²) >= 11 is 0. The summed E-state index contributed by atoms with van der Waals surface area (Å²) < 4.78 is 6.00. The Morgan fingerprint density at radius 2 is 1.74 bits per heavy atom. The third-order valence-electron chi connectivity index (χ3n) is 4.59. The van der Waals surface area contributed by atoms with E-state index in [4.69, 9.17) is 4.42 Å². The molecule has 0 bridgehead atoms. The second-order valence-corrected chi connectivity index (χ2v) is 6.81. The predicted octanol–water partition coefficient (Wildman–Crippen LogP) is 4.74. The van der Waals surface area contributed by atoms with E-state index >= 15 is 0 Å². The zero-order chi connectivity index (χ0) is 19.0. The number of hydrogen-bond donors (Lipinski definition) is 1. The Morgan fingerprint density at radius 1 is 0.963 bits per heavy atom. The van der Waals surface area contributed by atoms with Crippen molar-refractivity contribution in [1.29, 1.82) is 0 Å². The van der Waals surface area contributed by atoms with Crippen molar-refractivity contribution in [2.75, 3.05) is 5.32 Å². The lowest BCUT2D eigenvalue weighted by Crippen LogP contribution is -2.14. The first kappa shape index (κ1) is 17.0. The van der Waals surface area contributed by atoms with Crippen LogP contribution in [0.4, 0.5) is 5.69 Å². The van der Waals surface area contributed by atoms with Gasteiger partial charge in [0.05, 0.1) is 17.2 Å². The molecule has 0 aliphatic heterocycles. The van der Waals surface area contributed by atoms with E-state index in [1.54, 1.807) is 18.2 Å². The van der Waals surface area contributed by atoms with Crippen molar-refractivity contribution in [3.63, 3.8) is 0 Å². The van der Waals surface area contributed by atoms with Crippen LogP contribution >= 0.6 is 0 Å². The molecule has 0 fully saturated rings. The molecule has 4 heteroatoms. The number of hydrogen-bond acceptors (Lipinski definition) is 3. The summed E-state index contributed by atoms with van der Waals surface area (Å²) in [5.74, 6) is -0.115. The molecule has 4 nitrogen and oxygen atoms in total. The highest BCUT2D eigenvalue weighted by Crippen LogP contribution is 2.25. The van der Waals surface area contributed by atoms with E-state index in [0.717, 1.165) is 16.7 Å². The summed E-state index contributed by atoms with van der Waals surface area (Å²) in [7, 11) is 0. The first-order valence-electron chi connectivity index (χ1n) is 8.83. The molecule has 1 N–H and O–H groups in total. The van der Waals surface area contributed by atoms with Crippen LogP contribution in [0.15, 0.2) is 69.9 Å². The van der Waals surface area contributed by atoms with Crippen molar-refractivity contribution in [2.45, 2.75) is 20.3 Å². The molecule has 1 aromatic heterocycles. The summed E-state index contributed by atoms with van der Waals surface area (Å²) in [4.78, 5) is 25.1. The maximum atomic E-state index is 12.8. The van der Waals surface area contributed by atoms with E-state index in [1.165, 1.54) is 0 Å². The van der Waals surface area contributed by atoms with Crippen LogP contribution in [-0.2, 0) is 11.2 Å². The van der Waals surface area contributed by atoms with E-state index in [0.29, 0.717) is 34.0 Å². The molecule has 0 saturated heterocycles. The molecule has 0 unspecified atom stereocenters. The number of fused-ring (bicyclic) bond motifs is 2. The lowest BCUT2D eigenvalue weighted by Gasteiger charge is -2.08. The minimum Gasteiger partial charge on any atom is -0.455 e. The average Bonchev–Trinajstić information content (AvgIpc) is 2.63. The van der Waals surface area contributed by atoms with Gasteiger partial charge in [0.2, 0.25) is 11.3 Å². The fourth-order valence-electron chi connectivity index (χ4n) is 3.37. The van der Waals surface area contributed by atoms with Gasteiger partial charge < -0.3 is 9.73 Å². The van der Waals surface area contributed by atoms with Crippen molar-refractivity contribution in [1.82, 2.24) is 0 Å². The number of carbonyl (C=O) groups is 1. The predicted molar refractivity (Wildman–Crippen MR) is 108 cm³/mol. The molecule has 0 spiro atoms. The van der Waals surface area contributed by atoms with Crippen LogP contribution in [-0.4, -0.2) is 5.91 Å². The Morgan fingerprint density at radius 3 is 2.52 bits per heavy atom. The number of carbonyl (C=O) groups excluding carboxylic acids is 1. The summed E-state index contributed by atoms with van der Waals surface area (Å²) in [6, 6.07) is 18.5. The molecule has 27 heavy (non-hydrogen) atoms. The second kappa shape index (κ2) is 6.72. The number of benzene rings is 3. The highest BCUT2D eigenvalue weighted by molar-refractivity contribution is 5.96. The zero-order valence-electron chi connectivity index (χ0n) is 15.2. The van der Waals surface area contributed by atoms with Gasteiger partial charge in [-0.25, -0.2) is 0 Å². The fraction of sp³-hybridized carbons (Fsp3) is 0.130. The van der Waals surface area contributed by atoms with Crippen molar-refractivity contribution in [3.8, 4) is 0 Å². The Balaban J connectivity index is 1.71. The lowest BCUT2D eigenvalue weighted by molar-refractivity contribution is -0.115. The van der Waals surface area contributed by atoms with Gasteiger partial charge in [-0.2, -0.15) is 0 Å². The first-order chi connectivity index (χ1) is 13.0. The highest BCUT2D eigenvalue weighted by Gasteiger charge is 2.12. The van der Waals surface area contributed by atoms with Crippen molar-refractivity contribution in [2.24, 2.45) is 0 Å². The largest absolute Gasteiger partial charge is 0.455 e. The van der Waals surface area contributed by atoms with Crippen LogP contribution < -0.4 is 10.7 Å². The van der Waals surface area contributed by atoms with Gasteiger partial charge in [-0.05, 0) is 48.7 Å². The Hall–Kier alpha value is -3.40. The number of anilines is 1. The van der Waals surface area contributed by atoms with Gasteiger partial charge in [0.15, 0.2) is 0 Å². The first-order valence-corrected chi connectivity index (χ1v) is 8.83. The third-order valence-corrected chi connectivity index (χ3v) is 4.59. The zero-order valence-corrected chi connectivity index (χ0v) is 15.2. The Bertz CT molecular complexity index is 1220. The molecule has 134 valence electrons. The number of aryl methyl sites for hydroxylation is 2. The van der Waals surface area contributed by atoms with Gasteiger partial charge in [0.25, 0.3) is 0 Å². The maximum absolute atomic E-state index is 12.8. The minimum atomic E-state index is -0.115. The number of nitrogens with one attached hydrogen (secondary N) is 1. The Kier molecular flexibility index (Phi) is 4.24. The van der Waals surface area contributed by atoms with Crippen LogP contribution in [0, 0.1) is 13.8 Å². The topological polar surface area (TPSA) is 59.3 Å². The molecule has 4 aromatic rings. The van der Waals surface area contributed by atoms with Gasteiger partial charge in [-0.1, -0.05) is 36.4 Å². The molecule has 4 rings (SSSR count). The van der Waals surface area contributed by atoms with E-state index in [2.05, 4.69) is 5.32 Å². The fourth-order valence-corrected chi connectivity index (χ4v) is 3.37. The van der Waals surface area contributed by atoms with E-state index in [9.17, 15) is 9.59 Å². The van der Waals surface area contributed by atoms with Crippen molar-refractivity contribution in [3.05, 3.63) is 87.6 Å². The minimum absolute atomic E-state index is 0.0554. The molecule has 0 aliphatic carbocycles. The summed E-state index contributed by atoms with van der Waals surface area (Å²) in [6.07, 6.45) is 0.291.